The van der Waals surface area contributed by atoms with Crippen molar-refractivity contribution in [2.75, 3.05) is 5.32 Å². The normalized spacial score (nSPS) is 11.2. The minimum absolute atomic E-state index is 0.00420. The van der Waals surface area contributed by atoms with Gasteiger partial charge in [-0.3, -0.25) is 10.1 Å². The van der Waals surface area contributed by atoms with Gasteiger partial charge in [0, 0.05) is 11.8 Å². The van der Waals surface area contributed by atoms with Gasteiger partial charge in [-0.05, 0) is 35.4 Å². The Morgan fingerprint density at radius 1 is 0.846 bits per heavy atom. The highest BCUT2D eigenvalue weighted by Gasteiger charge is 2.33. The molecule has 0 saturated carbocycles. The predicted octanol–water partition coefficient (Wildman–Crippen LogP) is 6.02. The lowest BCUT2D eigenvalue weighted by atomic mass is 10.1. The molecule has 7 heteroatoms. The van der Waals surface area contributed by atoms with E-state index in [0.29, 0.717) is 11.8 Å². The average molecular weight is 358 g/mol. The number of hydrogen-bond acceptors (Lipinski definition) is 3. The second-order valence-electron chi connectivity index (χ2n) is 5.56. The molecule has 0 radical (unpaired) electrons. The number of halogens is 3. The van der Waals surface area contributed by atoms with E-state index in [1.54, 1.807) is 12.1 Å². The third kappa shape index (κ3) is 3.83. The molecule has 0 amide bonds. The van der Waals surface area contributed by atoms with Gasteiger partial charge in [-0.15, -0.1) is 0 Å². The summed E-state index contributed by atoms with van der Waals surface area (Å²) in [5.74, 6) is 0. The molecule has 0 aromatic heterocycles. The molecule has 0 aliphatic rings. The van der Waals surface area contributed by atoms with E-state index < -0.39 is 22.4 Å². The van der Waals surface area contributed by atoms with Gasteiger partial charge in [0.05, 0.1) is 10.5 Å². The first-order chi connectivity index (χ1) is 12.3. The van der Waals surface area contributed by atoms with Gasteiger partial charge in [0.15, 0.2) is 0 Å². The van der Waals surface area contributed by atoms with Crippen molar-refractivity contribution in [3.63, 3.8) is 0 Å². The summed E-state index contributed by atoms with van der Waals surface area (Å²) in [4.78, 5) is 10.3. The quantitative estimate of drug-likeness (QED) is 0.458. The van der Waals surface area contributed by atoms with Crippen molar-refractivity contribution in [1.82, 2.24) is 0 Å². The zero-order valence-electron chi connectivity index (χ0n) is 13.3. The number of nitrogens with zero attached hydrogens (tertiary/aromatic N) is 1. The summed E-state index contributed by atoms with van der Waals surface area (Å²) in [5.41, 5.74) is 0.807. The van der Waals surface area contributed by atoms with Crippen molar-refractivity contribution in [3.05, 3.63) is 88.5 Å². The van der Waals surface area contributed by atoms with E-state index in [2.05, 4.69) is 5.32 Å². The molecule has 1 N–H and O–H groups in total. The summed E-state index contributed by atoms with van der Waals surface area (Å²) < 4.78 is 38.3. The van der Waals surface area contributed by atoms with Gasteiger partial charge in [0.2, 0.25) is 0 Å². The predicted molar refractivity (Wildman–Crippen MR) is 93.3 cm³/mol. The Labute approximate surface area is 147 Å². The molecule has 0 atom stereocenters. The molecule has 3 aromatic rings. The monoisotopic (exact) mass is 358 g/mol. The summed E-state index contributed by atoms with van der Waals surface area (Å²) >= 11 is 0. The van der Waals surface area contributed by atoms with Crippen LogP contribution < -0.4 is 5.32 Å². The molecular weight excluding hydrogens is 345 g/mol. The Bertz CT molecular complexity index is 924. The maximum atomic E-state index is 12.8. The fourth-order valence-corrected chi connectivity index (χ4v) is 2.50. The van der Waals surface area contributed by atoms with Crippen LogP contribution in [-0.2, 0) is 6.18 Å². The molecule has 0 fully saturated rings. The van der Waals surface area contributed by atoms with Gasteiger partial charge >= 0.3 is 6.18 Å². The highest BCUT2D eigenvalue weighted by atomic mass is 19.4. The first-order valence-corrected chi connectivity index (χ1v) is 7.63. The Kier molecular flexibility index (Phi) is 4.62. The van der Waals surface area contributed by atoms with Crippen molar-refractivity contribution < 1.29 is 18.1 Å². The molecule has 26 heavy (non-hydrogen) atoms. The third-order valence-electron chi connectivity index (χ3n) is 3.79. The molecule has 4 nitrogen and oxygen atoms in total. The maximum Gasteiger partial charge on any atom is 0.416 e. The average Bonchev–Trinajstić information content (AvgIpc) is 2.62. The Morgan fingerprint density at radius 2 is 1.46 bits per heavy atom. The van der Waals surface area contributed by atoms with Gasteiger partial charge in [0.25, 0.3) is 5.69 Å². The summed E-state index contributed by atoms with van der Waals surface area (Å²) in [5, 5.41) is 13.9. The van der Waals surface area contributed by atoms with Crippen LogP contribution in [0.15, 0.2) is 72.8 Å². The number of nitro benzene ring substituents is 1. The van der Waals surface area contributed by atoms with Crippen LogP contribution in [0.2, 0.25) is 0 Å². The van der Waals surface area contributed by atoms with E-state index in [1.807, 2.05) is 42.5 Å². The number of rotatable bonds is 4. The lowest BCUT2D eigenvalue weighted by Gasteiger charge is -2.11. The van der Waals surface area contributed by atoms with Crippen LogP contribution in [0.3, 0.4) is 0 Å². The van der Waals surface area contributed by atoms with Gasteiger partial charge in [0.1, 0.15) is 5.69 Å². The van der Waals surface area contributed by atoms with Crippen molar-refractivity contribution in [1.29, 1.82) is 0 Å². The molecule has 3 aromatic carbocycles. The van der Waals surface area contributed by atoms with Crippen LogP contribution >= 0.6 is 0 Å². The van der Waals surface area contributed by atoms with Crippen molar-refractivity contribution in [2.45, 2.75) is 6.18 Å². The highest BCUT2D eigenvalue weighted by Crippen LogP contribution is 2.36. The highest BCUT2D eigenvalue weighted by molar-refractivity contribution is 5.72. The van der Waals surface area contributed by atoms with E-state index >= 15 is 0 Å². The second kappa shape index (κ2) is 6.87. The molecule has 0 spiro atoms. The van der Waals surface area contributed by atoms with E-state index in [4.69, 9.17) is 0 Å². The lowest BCUT2D eigenvalue weighted by molar-refractivity contribution is -0.384. The molecule has 132 valence electrons. The lowest BCUT2D eigenvalue weighted by Crippen LogP contribution is -2.06. The number of nitro groups is 1. The molecule has 0 heterocycles. The number of nitrogens with one attached hydrogen (secondary N) is 1. The van der Waals surface area contributed by atoms with E-state index in [0.717, 1.165) is 23.3 Å². The summed E-state index contributed by atoms with van der Waals surface area (Å²) in [6.45, 7) is 0. The second-order valence-corrected chi connectivity index (χ2v) is 5.56. The van der Waals surface area contributed by atoms with Gasteiger partial charge in [-0.1, -0.05) is 42.5 Å². The van der Waals surface area contributed by atoms with E-state index in [9.17, 15) is 23.3 Å². The number of anilines is 2. The number of benzene rings is 3. The van der Waals surface area contributed by atoms with Gasteiger partial charge < -0.3 is 5.32 Å². The standard InChI is InChI=1S/C19H13F3N2O2/c20-19(21,22)15-8-11-17(18(12-15)24(25)26)23-16-9-6-14(7-10-16)13-4-2-1-3-5-13/h1-12,23H. The fraction of sp³-hybridized carbons (Fsp3) is 0.0526. The van der Waals surface area contributed by atoms with Crippen LogP contribution in [0.4, 0.5) is 30.2 Å². The molecule has 0 aliphatic heterocycles. The molecule has 0 aliphatic carbocycles. The van der Waals surface area contributed by atoms with E-state index in [1.165, 1.54) is 0 Å². The third-order valence-corrected chi connectivity index (χ3v) is 3.79. The molecular formula is C19H13F3N2O2. The van der Waals surface area contributed by atoms with Crippen molar-refractivity contribution in [3.8, 4) is 11.1 Å². The van der Waals surface area contributed by atoms with Crippen LogP contribution in [-0.4, -0.2) is 4.92 Å². The van der Waals surface area contributed by atoms with Crippen LogP contribution in [0.25, 0.3) is 11.1 Å². The van der Waals surface area contributed by atoms with Gasteiger partial charge in [-0.2, -0.15) is 13.2 Å². The molecule has 0 saturated heterocycles. The first-order valence-electron chi connectivity index (χ1n) is 7.63. The Hall–Kier alpha value is -3.35. The minimum Gasteiger partial charge on any atom is -0.350 e. The number of hydrogen-bond donors (Lipinski definition) is 1. The fourth-order valence-electron chi connectivity index (χ4n) is 2.50. The van der Waals surface area contributed by atoms with Crippen LogP contribution in [0.1, 0.15) is 5.56 Å². The van der Waals surface area contributed by atoms with Crippen LogP contribution in [0, 0.1) is 10.1 Å². The van der Waals surface area contributed by atoms with Crippen molar-refractivity contribution in [2.24, 2.45) is 0 Å². The maximum absolute atomic E-state index is 12.8. The van der Waals surface area contributed by atoms with Crippen molar-refractivity contribution >= 4 is 17.1 Å². The topological polar surface area (TPSA) is 55.2 Å². The molecule has 3 rings (SSSR count). The smallest absolute Gasteiger partial charge is 0.350 e. The largest absolute Gasteiger partial charge is 0.416 e. The first kappa shape index (κ1) is 17.5. The summed E-state index contributed by atoms with van der Waals surface area (Å²) in [6, 6.07) is 19.1. The zero-order valence-corrected chi connectivity index (χ0v) is 13.3. The molecule has 0 bridgehead atoms. The minimum atomic E-state index is -4.64. The zero-order chi connectivity index (χ0) is 18.7. The number of alkyl halides is 3. The van der Waals surface area contributed by atoms with Crippen LogP contribution in [0.5, 0.6) is 0 Å². The SMILES string of the molecule is O=[N+]([O-])c1cc(C(F)(F)F)ccc1Nc1ccc(-c2ccccc2)cc1. The Balaban J connectivity index is 1.88. The Morgan fingerprint density at radius 3 is 2.04 bits per heavy atom. The summed E-state index contributed by atoms with van der Waals surface area (Å²) in [7, 11) is 0. The van der Waals surface area contributed by atoms with E-state index in [-0.39, 0.29) is 5.69 Å². The summed E-state index contributed by atoms with van der Waals surface area (Å²) in [6.07, 6.45) is -4.64. The molecule has 0 unspecified atom stereocenters. The van der Waals surface area contributed by atoms with Gasteiger partial charge in [-0.25, -0.2) is 0 Å².